The molecule has 0 saturated carbocycles. The van der Waals surface area contributed by atoms with Crippen molar-refractivity contribution in [2.45, 2.75) is 25.6 Å². The summed E-state index contributed by atoms with van der Waals surface area (Å²) < 4.78 is 15.6. The van der Waals surface area contributed by atoms with Gasteiger partial charge >= 0.3 is 11.9 Å². The molecule has 0 aliphatic carbocycles. The summed E-state index contributed by atoms with van der Waals surface area (Å²) in [5, 5.41) is 0.552. The van der Waals surface area contributed by atoms with Crippen molar-refractivity contribution in [3.05, 3.63) is 34.4 Å². The van der Waals surface area contributed by atoms with E-state index in [0.29, 0.717) is 28.3 Å². The summed E-state index contributed by atoms with van der Waals surface area (Å²) >= 11 is 5.91. The van der Waals surface area contributed by atoms with Gasteiger partial charge in [-0.25, -0.2) is 9.59 Å². The third kappa shape index (κ3) is 2.88. The highest BCUT2D eigenvalue weighted by atomic mass is 35.5. The molecule has 0 amide bonds. The van der Waals surface area contributed by atoms with Crippen LogP contribution in [-0.4, -0.2) is 30.8 Å². The summed E-state index contributed by atoms with van der Waals surface area (Å²) in [5.74, 6) is -0.418. The zero-order chi connectivity index (χ0) is 15.0. The van der Waals surface area contributed by atoms with Crippen molar-refractivity contribution in [2.24, 2.45) is 0 Å². The van der Waals surface area contributed by atoms with E-state index in [4.69, 9.17) is 25.8 Å². The predicted octanol–water partition coefficient (Wildman–Crippen LogP) is 2.36. The Kier molecular flexibility index (Phi) is 3.59. The van der Waals surface area contributed by atoms with Gasteiger partial charge in [0.2, 0.25) is 6.10 Å². The normalized spacial score (nSPS) is 23.7. The van der Waals surface area contributed by atoms with E-state index in [9.17, 15) is 9.59 Å². The van der Waals surface area contributed by atoms with Gasteiger partial charge in [0.1, 0.15) is 18.5 Å². The quantitative estimate of drug-likeness (QED) is 0.785. The van der Waals surface area contributed by atoms with E-state index >= 15 is 0 Å². The Morgan fingerprint density at radius 3 is 2.95 bits per heavy atom. The molecule has 0 unspecified atom stereocenters. The molecule has 1 aromatic carbocycles. The van der Waals surface area contributed by atoms with Crippen LogP contribution >= 0.6 is 11.6 Å². The molecule has 110 valence electrons. The third-order valence-corrected chi connectivity index (χ3v) is 3.56. The van der Waals surface area contributed by atoms with Crippen molar-refractivity contribution >= 4 is 29.6 Å². The average molecular weight is 309 g/mol. The molecule has 3 rings (SSSR count). The number of rotatable bonds is 2. The van der Waals surface area contributed by atoms with Crippen molar-refractivity contribution < 1.29 is 23.8 Å². The Labute approximate surface area is 126 Å². The van der Waals surface area contributed by atoms with Gasteiger partial charge in [-0.05, 0) is 31.2 Å². The summed E-state index contributed by atoms with van der Waals surface area (Å²) in [4.78, 5) is 23.6. The molecule has 2 aliphatic rings. The lowest BCUT2D eigenvalue weighted by atomic mass is 10.1. The van der Waals surface area contributed by atoms with Crippen molar-refractivity contribution in [3.8, 4) is 5.75 Å². The summed E-state index contributed by atoms with van der Waals surface area (Å²) in [6, 6.07) is 5.16. The molecule has 0 radical (unpaired) electrons. The van der Waals surface area contributed by atoms with E-state index < -0.39 is 18.0 Å². The number of hydrogen-bond acceptors (Lipinski definition) is 5. The maximum absolute atomic E-state index is 12.1. The SMILES string of the molecule is C[C@@H]1C[C@H](OC(=O)C2=Cc3cc(Cl)ccc3OC2)C(=O)O1. The minimum absolute atomic E-state index is 0.102. The van der Waals surface area contributed by atoms with Gasteiger partial charge in [-0.2, -0.15) is 0 Å². The number of esters is 2. The van der Waals surface area contributed by atoms with Crippen LogP contribution in [0.1, 0.15) is 18.9 Å². The Morgan fingerprint density at radius 2 is 2.24 bits per heavy atom. The molecule has 1 saturated heterocycles. The van der Waals surface area contributed by atoms with Crippen molar-refractivity contribution in [1.82, 2.24) is 0 Å². The molecule has 1 fully saturated rings. The number of cyclic esters (lactones) is 1. The fourth-order valence-corrected chi connectivity index (χ4v) is 2.47. The monoisotopic (exact) mass is 308 g/mol. The van der Waals surface area contributed by atoms with E-state index in [1.54, 1.807) is 31.2 Å². The van der Waals surface area contributed by atoms with Crippen LogP contribution in [0.2, 0.25) is 5.02 Å². The summed E-state index contributed by atoms with van der Waals surface area (Å²) in [7, 11) is 0. The van der Waals surface area contributed by atoms with Crippen molar-refractivity contribution in [2.75, 3.05) is 6.61 Å². The molecule has 1 aromatic rings. The number of hydrogen-bond donors (Lipinski definition) is 0. The average Bonchev–Trinajstić information content (AvgIpc) is 2.76. The molecule has 0 bridgehead atoms. The second-order valence-corrected chi connectivity index (χ2v) is 5.45. The van der Waals surface area contributed by atoms with E-state index in [1.807, 2.05) is 0 Å². The smallest absolute Gasteiger partial charge is 0.347 e. The fourth-order valence-electron chi connectivity index (χ4n) is 2.29. The van der Waals surface area contributed by atoms with Crippen LogP contribution in [0.4, 0.5) is 0 Å². The Balaban J connectivity index is 1.75. The van der Waals surface area contributed by atoms with Gasteiger partial charge in [-0.3, -0.25) is 0 Å². The first kappa shape index (κ1) is 13.9. The second kappa shape index (κ2) is 5.41. The third-order valence-electron chi connectivity index (χ3n) is 3.32. The van der Waals surface area contributed by atoms with Crippen LogP contribution in [0, 0.1) is 0 Å². The maximum atomic E-state index is 12.1. The van der Waals surface area contributed by atoms with E-state index in [-0.39, 0.29) is 12.7 Å². The molecule has 6 heteroatoms. The minimum atomic E-state index is -0.839. The Bertz CT molecular complexity index is 637. The fraction of sp³-hybridized carbons (Fsp3) is 0.333. The zero-order valence-electron chi connectivity index (χ0n) is 11.3. The van der Waals surface area contributed by atoms with Crippen LogP contribution in [0.5, 0.6) is 5.75 Å². The van der Waals surface area contributed by atoms with Crippen LogP contribution in [0.25, 0.3) is 6.08 Å². The molecular formula is C15H13ClO5. The number of benzene rings is 1. The molecule has 2 heterocycles. The van der Waals surface area contributed by atoms with Gasteiger partial charge in [-0.15, -0.1) is 0 Å². The molecule has 0 aromatic heterocycles. The number of fused-ring (bicyclic) bond motifs is 1. The lowest BCUT2D eigenvalue weighted by Crippen LogP contribution is -2.26. The molecule has 21 heavy (non-hydrogen) atoms. The lowest BCUT2D eigenvalue weighted by molar-refractivity contribution is -0.158. The molecule has 0 N–H and O–H groups in total. The number of halogens is 1. The Morgan fingerprint density at radius 1 is 1.43 bits per heavy atom. The van der Waals surface area contributed by atoms with Gasteiger partial charge in [-0.1, -0.05) is 11.6 Å². The van der Waals surface area contributed by atoms with E-state index in [2.05, 4.69) is 0 Å². The highest BCUT2D eigenvalue weighted by Crippen LogP contribution is 2.29. The number of ether oxygens (including phenoxy) is 3. The highest BCUT2D eigenvalue weighted by Gasteiger charge is 2.36. The van der Waals surface area contributed by atoms with Crippen LogP contribution < -0.4 is 4.74 Å². The maximum Gasteiger partial charge on any atom is 0.347 e. The van der Waals surface area contributed by atoms with Crippen molar-refractivity contribution in [3.63, 3.8) is 0 Å². The number of carbonyl (C=O) groups excluding carboxylic acids is 2. The van der Waals surface area contributed by atoms with Gasteiger partial charge in [0.15, 0.2) is 0 Å². The first-order valence-electron chi connectivity index (χ1n) is 6.57. The van der Waals surface area contributed by atoms with Gasteiger partial charge in [0.25, 0.3) is 0 Å². The van der Waals surface area contributed by atoms with Crippen LogP contribution in [0.3, 0.4) is 0 Å². The molecule has 2 atom stereocenters. The number of carbonyl (C=O) groups is 2. The van der Waals surface area contributed by atoms with E-state index in [0.717, 1.165) is 0 Å². The summed E-state index contributed by atoms with van der Waals surface area (Å²) in [6.45, 7) is 1.86. The summed E-state index contributed by atoms with van der Waals surface area (Å²) in [6.07, 6.45) is 0.971. The standard InChI is InChI=1S/C15H13ClO5/c1-8-4-13(15(18)20-8)21-14(17)10-5-9-6-11(16)2-3-12(9)19-7-10/h2-3,5-6,8,13H,4,7H2,1H3/t8-,13+/m1/s1. The largest absolute Gasteiger partial charge is 0.488 e. The molecule has 5 nitrogen and oxygen atoms in total. The predicted molar refractivity (Wildman–Crippen MR) is 75.0 cm³/mol. The van der Waals surface area contributed by atoms with Crippen LogP contribution in [0.15, 0.2) is 23.8 Å². The first-order chi connectivity index (χ1) is 10.0. The van der Waals surface area contributed by atoms with Crippen molar-refractivity contribution in [1.29, 1.82) is 0 Å². The minimum Gasteiger partial charge on any atom is -0.488 e. The van der Waals surface area contributed by atoms with Gasteiger partial charge < -0.3 is 14.2 Å². The Hall–Kier alpha value is -2.01. The highest BCUT2D eigenvalue weighted by molar-refractivity contribution is 6.30. The summed E-state index contributed by atoms with van der Waals surface area (Å²) in [5.41, 5.74) is 1.06. The second-order valence-electron chi connectivity index (χ2n) is 5.02. The van der Waals surface area contributed by atoms with Gasteiger partial charge in [0.05, 0.1) is 5.57 Å². The topological polar surface area (TPSA) is 61.8 Å². The zero-order valence-corrected chi connectivity index (χ0v) is 12.1. The molecule has 0 spiro atoms. The van der Waals surface area contributed by atoms with Gasteiger partial charge in [0, 0.05) is 17.0 Å². The van der Waals surface area contributed by atoms with E-state index in [1.165, 1.54) is 0 Å². The molecule has 2 aliphatic heterocycles. The van der Waals surface area contributed by atoms with Crippen LogP contribution in [-0.2, 0) is 19.1 Å². The lowest BCUT2D eigenvalue weighted by Gasteiger charge is -2.18. The molecular weight excluding hydrogens is 296 g/mol. The first-order valence-corrected chi connectivity index (χ1v) is 6.95.